The first-order chi connectivity index (χ1) is 7.88. The van der Waals surface area contributed by atoms with Gasteiger partial charge in [-0.15, -0.1) is 0 Å². The zero-order chi connectivity index (χ0) is 11.6. The first-order valence-electron chi connectivity index (χ1n) is 5.86. The van der Waals surface area contributed by atoms with Gasteiger partial charge in [0.1, 0.15) is 0 Å². The normalized spacial score (nSPS) is 12.6. The van der Waals surface area contributed by atoms with Crippen LogP contribution in [0.15, 0.2) is 18.6 Å². The van der Waals surface area contributed by atoms with Crippen LogP contribution in [0, 0.1) is 0 Å². The number of nitrogens with one attached hydrogen (secondary N) is 1. The second-order valence-corrected chi connectivity index (χ2v) is 3.77. The van der Waals surface area contributed by atoms with Crippen LogP contribution in [0.2, 0.25) is 0 Å². The molecule has 0 saturated heterocycles. The summed E-state index contributed by atoms with van der Waals surface area (Å²) >= 11 is 0. The van der Waals surface area contributed by atoms with Gasteiger partial charge in [-0.05, 0) is 25.8 Å². The van der Waals surface area contributed by atoms with Gasteiger partial charge in [0, 0.05) is 32.3 Å². The molecule has 4 heteroatoms. The molecule has 0 aromatic carbocycles. The van der Waals surface area contributed by atoms with Crippen LogP contribution < -0.4 is 5.32 Å². The van der Waals surface area contributed by atoms with E-state index >= 15 is 0 Å². The second kappa shape index (κ2) is 8.19. The molecular weight excluding hydrogens is 202 g/mol. The van der Waals surface area contributed by atoms with Crippen LogP contribution in [0.4, 0.5) is 0 Å². The van der Waals surface area contributed by atoms with E-state index in [1.807, 2.05) is 6.20 Å². The van der Waals surface area contributed by atoms with Gasteiger partial charge in [0.2, 0.25) is 0 Å². The van der Waals surface area contributed by atoms with Gasteiger partial charge in [-0.1, -0.05) is 6.92 Å². The maximum Gasteiger partial charge on any atom is 0.0756 e. The number of ether oxygens (including phenoxy) is 1. The first-order valence-corrected chi connectivity index (χ1v) is 5.86. The lowest BCUT2D eigenvalue weighted by atomic mass is 10.1. The van der Waals surface area contributed by atoms with Crippen molar-refractivity contribution in [3.8, 4) is 0 Å². The highest BCUT2D eigenvalue weighted by atomic mass is 16.5. The van der Waals surface area contributed by atoms with Crippen LogP contribution in [0.1, 0.15) is 37.9 Å². The fourth-order valence-electron chi connectivity index (χ4n) is 1.60. The van der Waals surface area contributed by atoms with E-state index in [0.717, 1.165) is 38.1 Å². The van der Waals surface area contributed by atoms with Gasteiger partial charge in [0.05, 0.1) is 11.7 Å². The molecule has 0 bridgehead atoms. The predicted molar refractivity (Wildman–Crippen MR) is 64.2 cm³/mol. The van der Waals surface area contributed by atoms with Gasteiger partial charge in [0.15, 0.2) is 0 Å². The molecule has 0 aliphatic carbocycles. The van der Waals surface area contributed by atoms with Crippen molar-refractivity contribution in [1.82, 2.24) is 15.3 Å². The van der Waals surface area contributed by atoms with E-state index in [2.05, 4.69) is 22.2 Å². The molecule has 1 rings (SSSR count). The van der Waals surface area contributed by atoms with Crippen LogP contribution in [-0.2, 0) is 4.74 Å². The quantitative estimate of drug-likeness (QED) is 0.684. The minimum Gasteiger partial charge on any atom is -0.385 e. The third-order valence-corrected chi connectivity index (χ3v) is 2.42. The first kappa shape index (κ1) is 13.1. The van der Waals surface area contributed by atoms with E-state index in [0.29, 0.717) is 6.04 Å². The lowest BCUT2D eigenvalue weighted by Crippen LogP contribution is -2.23. The molecule has 0 saturated carbocycles. The Labute approximate surface area is 97.5 Å². The lowest BCUT2D eigenvalue weighted by molar-refractivity contribution is 0.188. The highest BCUT2D eigenvalue weighted by Crippen LogP contribution is 2.15. The summed E-state index contributed by atoms with van der Waals surface area (Å²) in [5.74, 6) is 0. The molecule has 0 aliphatic heterocycles. The molecule has 1 heterocycles. The molecule has 1 aromatic rings. The van der Waals surface area contributed by atoms with Gasteiger partial charge < -0.3 is 10.1 Å². The average Bonchev–Trinajstić information content (AvgIpc) is 2.35. The molecule has 1 atom stereocenters. The summed E-state index contributed by atoms with van der Waals surface area (Å²) in [6.45, 7) is 3.97. The summed E-state index contributed by atoms with van der Waals surface area (Å²) in [4.78, 5) is 8.45. The molecule has 16 heavy (non-hydrogen) atoms. The van der Waals surface area contributed by atoms with Crippen molar-refractivity contribution in [3.05, 3.63) is 24.3 Å². The maximum atomic E-state index is 5.07. The van der Waals surface area contributed by atoms with Crippen molar-refractivity contribution >= 4 is 0 Å². The van der Waals surface area contributed by atoms with Crippen molar-refractivity contribution in [2.75, 3.05) is 20.3 Å². The number of rotatable bonds is 8. The Hall–Kier alpha value is -1.00. The Morgan fingerprint density at radius 2 is 2.31 bits per heavy atom. The standard InChI is InChI=1S/C12H21N3O/c1-3-6-14-11(5-4-9-16-2)12-10-13-7-8-15-12/h7-8,10-11,14H,3-6,9H2,1-2H3. The average molecular weight is 223 g/mol. The Bertz CT molecular complexity index is 266. The van der Waals surface area contributed by atoms with Crippen LogP contribution in [0.25, 0.3) is 0 Å². The van der Waals surface area contributed by atoms with Gasteiger partial charge in [-0.3, -0.25) is 9.97 Å². The third kappa shape index (κ3) is 4.68. The van der Waals surface area contributed by atoms with E-state index in [-0.39, 0.29) is 0 Å². The monoisotopic (exact) mass is 223 g/mol. The van der Waals surface area contributed by atoms with Gasteiger partial charge in [0.25, 0.3) is 0 Å². The zero-order valence-corrected chi connectivity index (χ0v) is 10.1. The molecular formula is C12H21N3O. The van der Waals surface area contributed by atoms with E-state index in [1.54, 1.807) is 19.5 Å². The zero-order valence-electron chi connectivity index (χ0n) is 10.1. The van der Waals surface area contributed by atoms with Crippen LogP contribution in [-0.4, -0.2) is 30.2 Å². The molecule has 1 N–H and O–H groups in total. The Balaban J connectivity index is 2.49. The Morgan fingerprint density at radius 3 is 2.94 bits per heavy atom. The van der Waals surface area contributed by atoms with E-state index in [1.165, 1.54) is 0 Å². The van der Waals surface area contributed by atoms with Crippen LogP contribution in [0.3, 0.4) is 0 Å². The number of hydrogen-bond acceptors (Lipinski definition) is 4. The predicted octanol–water partition coefficient (Wildman–Crippen LogP) is 1.94. The molecule has 0 fully saturated rings. The van der Waals surface area contributed by atoms with Crippen molar-refractivity contribution in [2.45, 2.75) is 32.2 Å². The summed E-state index contributed by atoms with van der Waals surface area (Å²) in [6, 6.07) is 0.295. The van der Waals surface area contributed by atoms with Crippen LogP contribution >= 0.6 is 0 Å². The highest BCUT2D eigenvalue weighted by molar-refractivity contribution is 5.01. The van der Waals surface area contributed by atoms with E-state index < -0.39 is 0 Å². The minimum absolute atomic E-state index is 0.295. The van der Waals surface area contributed by atoms with Crippen molar-refractivity contribution in [1.29, 1.82) is 0 Å². The molecule has 0 aliphatic rings. The highest BCUT2D eigenvalue weighted by Gasteiger charge is 2.11. The van der Waals surface area contributed by atoms with E-state index in [9.17, 15) is 0 Å². The van der Waals surface area contributed by atoms with Crippen LogP contribution in [0.5, 0.6) is 0 Å². The second-order valence-electron chi connectivity index (χ2n) is 3.77. The van der Waals surface area contributed by atoms with Gasteiger partial charge >= 0.3 is 0 Å². The SMILES string of the molecule is CCCNC(CCCOC)c1cnccn1. The summed E-state index contributed by atoms with van der Waals surface area (Å²) in [6.07, 6.45) is 8.48. The summed E-state index contributed by atoms with van der Waals surface area (Å²) in [5.41, 5.74) is 1.02. The fourth-order valence-corrected chi connectivity index (χ4v) is 1.60. The van der Waals surface area contributed by atoms with Gasteiger partial charge in [-0.2, -0.15) is 0 Å². The van der Waals surface area contributed by atoms with Gasteiger partial charge in [-0.25, -0.2) is 0 Å². The number of hydrogen-bond donors (Lipinski definition) is 1. The third-order valence-electron chi connectivity index (χ3n) is 2.42. The topological polar surface area (TPSA) is 47.0 Å². The number of methoxy groups -OCH3 is 1. The number of aromatic nitrogens is 2. The number of nitrogens with zero attached hydrogens (tertiary/aromatic N) is 2. The summed E-state index contributed by atoms with van der Waals surface area (Å²) in [5, 5.41) is 3.49. The molecule has 1 unspecified atom stereocenters. The molecule has 1 aromatic heterocycles. The molecule has 0 spiro atoms. The summed E-state index contributed by atoms with van der Waals surface area (Å²) in [7, 11) is 1.73. The van der Waals surface area contributed by atoms with E-state index in [4.69, 9.17) is 4.74 Å². The summed E-state index contributed by atoms with van der Waals surface area (Å²) < 4.78 is 5.07. The fraction of sp³-hybridized carbons (Fsp3) is 0.667. The molecule has 4 nitrogen and oxygen atoms in total. The Morgan fingerprint density at radius 1 is 1.44 bits per heavy atom. The van der Waals surface area contributed by atoms with Crippen molar-refractivity contribution in [2.24, 2.45) is 0 Å². The van der Waals surface area contributed by atoms with Crippen molar-refractivity contribution in [3.63, 3.8) is 0 Å². The molecule has 0 radical (unpaired) electrons. The maximum absolute atomic E-state index is 5.07. The molecule has 90 valence electrons. The minimum atomic E-state index is 0.295. The smallest absolute Gasteiger partial charge is 0.0756 e. The molecule has 0 amide bonds. The van der Waals surface area contributed by atoms with Crippen molar-refractivity contribution < 1.29 is 4.74 Å². The Kier molecular flexibility index (Phi) is 6.69. The lowest BCUT2D eigenvalue weighted by Gasteiger charge is -2.17. The largest absolute Gasteiger partial charge is 0.385 e.